The van der Waals surface area contributed by atoms with E-state index in [0.717, 1.165) is 11.3 Å². The number of nitriles is 1. The van der Waals surface area contributed by atoms with Crippen molar-refractivity contribution in [2.45, 2.75) is 27.2 Å². The molecule has 0 bridgehead atoms. The molecule has 1 aromatic carbocycles. The lowest BCUT2D eigenvalue weighted by atomic mass is 10.1. The van der Waals surface area contributed by atoms with Crippen LogP contribution >= 0.6 is 0 Å². The smallest absolute Gasteiger partial charge is 0.225 e. The molecule has 0 aliphatic rings. The molecule has 0 radical (unpaired) electrons. The van der Waals surface area contributed by atoms with Crippen molar-refractivity contribution in [3.05, 3.63) is 29.3 Å². The van der Waals surface area contributed by atoms with Gasteiger partial charge in [0, 0.05) is 13.6 Å². The van der Waals surface area contributed by atoms with Gasteiger partial charge < -0.3 is 9.64 Å². The highest BCUT2D eigenvalue weighted by atomic mass is 16.5. The molecule has 1 atom stereocenters. The van der Waals surface area contributed by atoms with Crippen LogP contribution in [0.2, 0.25) is 0 Å². The van der Waals surface area contributed by atoms with Crippen LogP contribution in [0.25, 0.3) is 0 Å². The lowest BCUT2D eigenvalue weighted by Crippen LogP contribution is -2.31. The number of amides is 1. The summed E-state index contributed by atoms with van der Waals surface area (Å²) in [4.78, 5) is 13.5. The van der Waals surface area contributed by atoms with Crippen LogP contribution in [0.15, 0.2) is 18.2 Å². The maximum absolute atomic E-state index is 11.9. The Morgan fingerprint density at radius 3 is 2.80 bits per heavy atom. The highest BCUT2D eigenvalue weighted by Crippen LogP contribution is 2.20. The molecule has 0 saturated carbocycles. The molecule has 0 spiro atoms. The molecule has 108 valence electrons. The molecule has 0 aromatic heterocycles. The van der Waals surface area contributed by atoms with E-state index in [2.05, 4.69) is 6.07 Å². The molecule has 0 unspecified atom stereocenters. The molecule has 0 aliphatic heterocycles. The molecule has 1 amide bonds. The van der Waals surface area contributed by atoms with Gasteiger partial charge in [-0.1, -0.05) is 12.1 Å². The molecular formula is C16H22N2O2. The number of ether oxygens (including phenoxy) is 1. The van der Waals surface area contributed by atoms with Gasteiger partial charge in [0.25, 0.3) is 0 Å². The molecule has 20 heavy (non-hydrogen) atoms. The second-order valence-corrected chi connectivity index (χ2v) is 5.10. The number of nitrogens with zero attached hydrogens (tertiary/aromatic N) is 2. The summed E-state index contributed by atoms with van der Waals surface area (Å²) >= 11 is 0. The van der Waals surface area contributed by atoms with Gasteiger partial charge in [-0.3, -0.25) is 4.79 Å². The van der Waals surface area contributed by atoms with Crippen LogP contribution < -0.4 is 4.74 Å². The normalized spacial score (nSPS) is 11.6. The summed E-state index contributed by atoms with van der Waals surface area (Å²) in [5.74, 6) is 0.673. The van der Waals surface area contributed by atoms with Gasteiger partial charge in [0.15, 0.2) is 0 Å². The number of rotatable bonds is 6. The molecule has 4 nitrogen and oxygen atoms in total. The first-order valence-corrected chi connectivity index (χ1v) is 6.78. The summed E-state index contributed by atoms with van der Waals surface area (Å²) in [7, 11) is 1.72. The Kier molecular flexibility index (Phi) is 6.05. The zero-order chi connectivity index (χ0) is 15.1. The zero-order valence-electron chi connectivity index (χ0n) is 12.6. The number of carbonyl (C=O) groups excluding carboxylic acids is 1. The fourth-order valence-electron chi connectivity index (χ4n) is 1.87. The summed E-state index contributed by atoms with van der Waals surface area (Å²) in [5, 5.41) is 8.73. The maximum atomic E-state index is 11.9. The number of carbonyl (C=O) groups is 1. The Bertz CT molecular complexity index is 506. The van der Waals surface area contributed by atoms with Crippen molar-refractivity contribution in [1.29, 1.82) is 5.26 Å². The van der Waals surface area contributed by atoms with Gasteiger partial charge in [-0.15, -0.1) is 0 Å². The van der Waals surface area contributed by atoms with E-state index in [1.165, 1.54) is 5.56 Å². The second kappa shape index (κ2) is 7.54. The fourth-order valence-corrected chi connectivity index (χ4v) is 1.87. The Balaban J connectivity index is 2.42. The van der Waals surface area contributed by atoms with Crippen LogP contribution in [0.3, 0.4) is 0 Å². The third kappa shape index (κ3) is 4.58. The van der Waals surface area contributed by atoms with Crippen molar-refractivity contribution in [1.82, 2.24) is 4.90 Å². The van der Waals surface area contributed by atoms with E-state index in [1.54, 1.807) is 18.9 Å². The molecule has 4 heteroatoms. The number of aryl methyl sites for hydroxylation is 1. The third-order valence-corrected chi connectivity index (χ3v) is 3.32. The summed E-state index contributed by atoms with van der Waals surface area (Å²) in [6.07, 6.45) is 0.321. The molecule has 0 saturated heterocycles. The third-order valence-electron chi connectivity index (χ3n) is 3.32. The van der Waals surface area contributed by atoms with E-state index in [9.17, 15) is 4.79 Å². The Morgan fingerprint density at radius 2 is 2.15 bits per heavy atom. The van der Waals surface area contributed by atoms with Gasteiger partial charge >= 0.3 is 0 Å². The van der Waals surface area contributed by atoms with Crippen molar-refractivity contribution >= 4 is 5.91 Å². The van der Waals surface area contributed by atoms with Crippen LogP contribution in [-0.2, 0) is 4.79 Å². The van der Waals surface area contributed by atoms with Crippen LogP contribution in [0.1, 0.15) is 24.5 Å². The van der Waals surface area contributed by atoms with E-state index >= 15 is 0 Å². The first-order chi connectivity index (χ1) is 9.45. The van der Waals surface area contributed by atoms with Crippen molar-refractivity contribution in [3.63, 3.8) is 0 Å². The topological polar surface area (TPSA) is 53.3 Å². The molecule has 0 aliphatic carbocycles. The predicted octanol–water partition coefficient (Wildman–Crippen LogP) is 2.69. The lowest BCUT2D eigenvalue weighted by Gasteiger charge is -2.18. The van der Waals surface area contributed by atoms with Gasteiger partial charge in [-0.2, -0.15) is 5.26 Å². The van der Waals surface area contributed by atoms with E-state index < -0.39 is 0 Å². The zero-order valence-corrected chi connectivity index (χ0v) is 12.6. The van der Waals surface area contributed by atoms with E-state index in [1.807, 2.05) is 32.0 Å². The van der Waals surface area contributed by atoms with Crippen molar-refractivity contribution < 1.29 is 9.53 Å². The average molecular weight is 274 g/mol. The number of hydrogen-bond acceptors (Lipinski definition) is 3. The molecule has 1 rings (SSSR count). The molecule has 0 fully saturated rings. The van der Waals surface area contributed by atoms with Gasteiger partial charge in [0.2, 0.25) is 5.91 Å². The monoisotopic (exact) mass is 274 g/mol. The average Bonchev–Trinajstić information content (AvgIpc) is 2.43. The van der Waals surface area contributed by atoms with Gasteiger partial charge in [-0.25, -0.2) is 0 Å². The Hall–Kier alpha value is -2.02. The Morgan fingerprint density at radius 1 is 1.45 bits per heavy atom. The lowest BCUT2D eigenvalue weighted by molar-refractivity contribution is -0.130. The minimum absolute atomic E-state index is 0.00240. The number of benzene rings is 1. The fraction of sp³-hybridized carbons (Fsp3) is 0.500. The maximum Gasteiger partial charge on any atom is 0.225 e. The van der Waals surface area contributed by atoms with Crippen molar-refractivity contribution in [2.75, 3.05) is 20.2 Å². The van der Waals surface area contributed by atoms with Crippen LogP contribution in [0, 0.1) is 31.1 Å². The second-order valence-electron chi connectivity index (χ2n) is 5.10. The van der Waals surface area contributed by atoms with Gasteiger partial charge in [-0.05, 0) is 38.0 Å². The van der Waals surface area contributed by atoms with Crippen LogP contribution in [-0.4, -0.2) is 31.0 Å². The van der Waals surface area contributed by atoms with Crippen LogP contribution in [0.5, 0.6) is 5.75 Å². The summed E-state index contributed by atoms with van der Waals surface area (Å²) < 4.78 is 5.66. The first kappa shape index (κ1) is 16.0. The van der Waals surface area contributed by atoms with Gasteiger partial charge in [0.05, 0.1) is 25.0 Å². The SMILES string of the molecule is Cc1cccc(OCCC(=O)N(C)C[C@@H](C)C#N)c1C. The predicted molar refractivity (Wildman–Crippen MR) is 78.4 cm³/mol. The highest BCUT2D eigenvalue weighted by Gasteiger charge is 2.12. The van der Waals surface area contributed by atoms with Crippen LogP contribution in [0.4, 0.5) is 0 Å². The van der Waals surface area contributed by atoms with E-state index in [0.29, 0.717) is 19.6 Å². The summed E-state index contributed by atoms with van der Waals surface area (Å²) in [6.45, 7) is 6.65. The summed E-state index contributed by atoms with van der Waals surface area (Å²) in [5.41, 5.74) is 2.28. The van der Waals surface area contributed by atoms with Gasteiger partial charge in [0.1, 0.15) is 5.75 Å². The first-order valence-electron chi connectivity index (χ1n) is 6.78. The molecule has 1 aromatic rings. The Labute approximate surface area is 121 Å². The van der Waals surface area contributed by atoms with E-state index in [-0.39, 0.29) is 11.8 Å². The quantitative estimate of drug-likeness (QED) is 0.801. The molecule has 0 N–H and O–H groups in total. The highest BCUT2D eigenvalue weighted by molar-refractivity contribution is 5.76. The number of hydrogen-bond donors (Lipinski definition) is 0. The van der Waals surface area contributed by atoms with Crippen molar-refractivity contribution in [3.8, 4) is 11.8 Å². The van der Waals surface area contributed by atoms with Crippen molar-refractivity contribution in [2.24, 2.45) is 5.92 Å². The molecule has 0 heterocycles. The minimum atomic E-state index is -0.149. The summed E-state index contributed by atoms with van der Waals surface area (Å²) in [6, 6.07) is 8.01. The largest absolute Gasteiger partial charge is 0.493 e. The molecular weight excluding hydrogens is 252 g/mol. The standard InChI is InChI=1S/C16H22N2O2/c1-12(10-17)11-18(4)16(19)8-9-20-15-7-5-6-13(2)14(15)3/h5-7,12H,8-9,11H2,1-4H3/t12-/m0/s1. The van der Waals surface area contributed by atoms with E-state index in [4.69, 9.17) is 10.00 Å². The minimum Gasteiger partial charge on any atom is -0.493 e.